The largest absolute Gasteiger partial charge is 0.312 e. The van der Waals surface area contributed by atoms with Gasteiger partial charge in [0.05, 0.1) is 4.47 Å². The smallest absolute Gasteiger partial charge is 0.137 e. The first-order chi connectivity index (χ1) is 9.89. The minimum Gasteiger partial charge on any atom is -0.312 e. The molecule has 1 aliphatic carbocycles. The third kappa shape index (κ3) is 3.48. The Morgan fingerprint density at radius 2 is 1.81 bits per heavy atom. The van der Waals surface area contributed by atoms with Crippen molar-refractivity contribution in [1.29, 1.82) is 0 Å². The molecule has 0 heterocycles. The van der Waals surface area contributed by atoms with E-state index in [0.29, 0.717) is 11.5 Å². The van der Waals surface area contributed by atoms with Gasteiger partial charge in [0.2, 0.25) is 0 Å². The summed E-state index contributed by atoms with van der Waals surface area (Å²) in [6, 6.07) is 2.46. The molecule has 1 unspecified atom stereocenters. The lowest BCUT2D eigenvalue weighted by molar-refractivity contribution is 0.158. The van der Waals surface area contributed by atoms with Gasteiger partial charge < -0.3 is 5.32 Å². The fraction of sp³-hybridized carbons (Fsp3) is 0.647. The van der Waals surface area contributed by atoms with Crippen LogP contribution < -0.4 is 5.32 Å². The van der Waals surface area contributed by atoms with Crippen LogP contribution in [0.15, 0.2) is 16.6 Å². The average molecular weight is 360 g/mol. The molecule has 0 bridgehead atoms. The van der Waals surface area contributed by atoms with Crippen LogP contribution in [0.1, 0.15) is 57.6 Å². The quantitative estimate of drug-likeness (QED) is 0.675. The second kappa shape index (κ2) is 6.74. The van der Waals surface area contributed by atoms with E-state index >= 15 is 0 Å². The zero-order chi connectivity index (χ0) is 15.6. The summed E-state index contributed by atoms with van der Waals surface area (Å²) < 4.78 is 28.5. The number of hydrogen-bond donors (Lipinski definition) is 1. The van der Waals surface area contributed by atoms with Crippen molar-refractivity contribution in [2.24, 2.45) is 11.3 Å². The summed E-state index contributed by atoms with van der Waals surface area (Å²) in [5.41, 5.74) is 0.491. The van der Waals surface area contributed by atoms with Crippen molar-refractivity contribution in [2.75, 3.05) is 7.05 Å². The summed E-state index contributed by atoms with van der Waals surface area (Å²) >= 11 is 3.05. The highest BCUT2D eigenvalue weighted by molar-refractivity contribution is 9.10. The first-order valence-electron chi connectivity index (χ1n) is 7.71. The van der Waals surface area contributed by atoms with Crippen molar-refractivity contribution in [3.05, 3.63) is 33.8 Å². The standard InChI is InChI=1S/C17H24BrF2N/c1-11(2)10-17(6-4-5-7-17)16(21-3)12-8-15(20)13(18)9-14(12)19/h8-9,11,16,21H,4-7,10H2,1-3H3. The average Bonchev–Trinajstić information content (AvgIpc) is 2.84. The first kappa shape index (κ1) is 16.9. The molecule has 0 spiro atoms. The summed E-state index contributed by atoms with van der Waals surface area (Å²) in [6.07, 6.45) is 5.54. The van der Waals surface area contributed by atoms with Crippen LogP contribution in [-0.4, -0.2) is 7.05 Å². The number of nitrogens with one attached hydrogen (secondary N) is 1. The number of hydrogen-bond acceptors (Lipinski definition) is 1. The maximum absolute atomic E-state index is 14.4. The van der Waals surface area contributed by atoms with E-state index in [-0.39, 0.29) is 21.7 Å². The fourth-order valence-corrected chi connectivity index (χ4v) is 4.37. The van der Waals surface area contributed by atoms with Crippen LogP contribution in [0, 0.1) is 23.0 Å². The Bertz CT molecular complexity index is 496. The molecule has 0 aliphatic heterocycles. The summed E-state index contributed by atoms with van der Waals surface area (Å²) in [5.74, 6) is -0.190. The van der Waals surface area contributed by atoms with Gasteiger partial charge >= 0.3 is 0 Å². The molecule has 1 atom stereocenters. The maximum Gasteiger partial charge on any atom is 0.137 e. The monoisotopic (exact) mass is 359 g/mol. The van der Waals surface area contributed by atoms with Gasteiger partial charge in [0.15, 0.2) is 0 Å². The van der Waals surface area contributed by atoms with E-state index in [2.05, 4.69) is 35.1 Å². The Balaban J connectivity index is 2.44. The fourth-order valence-electron chi connectivity index (χ4n) is 4.05. The SMILES string of the molecule is CNC(c1cc(F)c(Br)cc1F)C1(CC(C)C)CCCC1. The highest BCUT2D eigenvalue weighted by atomic mass is 79.9. The zero-order valence-electron chi connectivity index (χ0n) is 13.0. The molecule has 21 heavy (non-hydrogen) atoms. The van der Waals surface area contributed by atoms with Crippen LogP contribution in [0.25, 0.3) is 0 Å². The minimum atomic E-state index is -0.399. The number of halogens is 3. The lowest BCUT2D eigenvalue weighted by Gasteiger charge is -2.39. The molecule has 1 fully saturated rings. The molecule has 2 rings (SSSR count). The van der Waals surface area contributed by atoms with Crippen LogP contribution in [-0.2, 0) is 0 Å². The molecule has 1 aliphatic rings. The highest BCUT2D eigenvalue weighted by Gasteiger charge is 2.42. The van der Waals surface area contributed by atoms with Crippen molar-refractivity contribution in [3.8, 4) is 0 Å². The van der Waals surface area contributed by atoms with E-state index in [9.17, 15) is 8.78 Å². The summed E-state index contributed by atoms with van der Waals surface area (Å²) in [4.78, 5) is 0. The molecular weight excluding hydrogens is 336 g/mol. The van der Waals surface area contributed by atoms with Gasteiger partial charge in [-0.25, -0.2) is 8.78 Å². The van der Waals surface area contributed by atoms with Crippen LogP contribution in [0.5, 0.6) is 0 Å². The predicted molar refractivity (Wildman–Crippen MR) is 86.2 cm³/mol. The van der Waals surface area contributed by atoms with Crippen LogP contribution >= 0.6 is 15.9 Å². The third-order valence-corrected chi connectivity index (χ3v) is 5.27. The van der Waals surface area contributed by atoms with Gasteiger partial charge in [0, 0.05) is 11.6 Å². The predicted octanol–water partition coefficient (Wildman–Crippen LogP) is 5.59. The van der Waals surface area contributed by atoms with Crippen LogP contribution in [0.3, 0.4) is 0 Å². The lowest BCUT2D eigenvalue weighted by atomic mass is 9.70. The molecule has 0 aromatic heterocycles. The molecule has 0 amide bonds. The summed E-state index contributed by atoms with van der Waals surface area (Å²) in [6.45, 7) is 4.40. The lowest BCUT2D eigenvalue weighted by Crippen LogP contribution is -2.36. The summed E-state index contributed by atoms with van der Waals surface area (Å²) in [5, 5.41) is 3.27. The maximum atomic E-state index is 14.4. The van der Waals surface area contributed by atoms with Crippen molar-refractivity contribution < 1.29 is 8.78 Å². The molecule has 0 saturated heterocycles. The van der Waals surface area contributed by atoms with Gasteiger partial charge in [-0.05, 0) is 65.7 Å². The molecule has 118 valence electrons. The van der Waals surface area contributed by atoms with Crippen molar-refractivity contribution >= 4 is 15.9 Å². The van der Waals surface area contributed by atoms with Crippen molar-refractivity contribution in [2.45, 2.75) is 52.0 Å². The topological polar surface area (TPSA) is 12.0 Å². The first-order valence-corrected chi connectivity index (χ1v) is 8.50. The Morgan fingerprint density at radius 3 is 2.33 bits per heavy atom. The Kier molecular flexibility index (Phi) is 5.42. The molecular formula is C17H24BrF2N. The van der Waals surface area contributed by atoms with Gasteiger partial charge in [-0.3, -0.25) is 0 Å². The molecule has 0 radical (unpaired) electrons. The molecule has 1 aromatic rings. The van der Waals surface area contributed by atoms with Gasteiger partial charge in [-0.2, -0.15) is 0 Å². The minimum absolute atomic E-state index is 0.0318. The molecule has 1 saturated carbocycles. The van der Waals surface area contributed by atoms with E-state index in [4.69, 9.17) is 0 Å². The zero-order valence-corrected chi connectivity index (χ0v) is 14.6. The van der Waals surface area contributed by atoms with E-state index in [1.807, 2.05) is 7.05 Å². The van der Waals surface area contributed by atoms with E-state index in [1.54, 1.807) is 0 Å². The van der Waals surface area contributed by atoms with Gasteiger partial charge in [0.1, 0.15) is 11.6 Å². The van der Waals surface area contributed by atoms with Gasteiger partial charge in [0.25, 0.3) is 0 Å². The number of benzene rings is 1. The Morgan fingerprint density at radius 1 is 1.19 bits per heavy atom. The molecule has 1 N–H and O–H groups in total. The van der Waals surface area contributed by atoms with E-state index in [0.717, 1.165) is 19.3 Å². The van der Waals surface area contributed by atoms with Gasteiger partial charge in [-0.15, -0.1) is 0 Å². The van der Waals surface area contributed by atoms with Crippen LogP contribution in [0.4, 0.5) is 8.78 Å². The second-order valence-corrected chi connectivity index (χ2v) is 7.53. The highest BCUT2D eigenvalue weighted by Crippen LogP contribution is 2.52. The normalized spacial score (nSPS) is 19.2. The van der Waals surface area contributed by atoms with E-state index in [1.165, 1.54) is 25.0 Å². The molecule has 4 heteroatoms. The van der Waals surface area contributed by atoms with Crippen molar-refractivity contribution in [3.63, 3.8) is 0 Å². The summed E-state index contributed by atoms with van der Waals surface area (Å²) in [7, 11) is 1.85. The second-order valence-electron chi connectivity index (χ2n) is 6.68. The van der Waals surface area contributed by atoms with Crippen molar-refractivity contribution in [1.82, 2.24) is 5.32 Å². The number of rotatable bonds is 5. The van der Waals surface area contributed by atoms with Crippen LogP contribution in [0.2, 0.25) is 0 Å². The van der Waals surface area contributed by atoms with E-state index < -0.39 is 5.82 Å². The molecule has 1 aromatic carbocycles. The van der Waals surface area contributed by atoms with Gasteiger partial charge in [-0.1, -0.05) is 26.7 Å². The Labute approximate surface area is 134 Å². The third-order valence-electron chi connectivity index (χ3n) is 4.67. The Hall–Kier alpha value is -0.480. The molecule has 1 nitrogen and oxygen atoms in total.